The third-order valence-electron chi connectivity index (χ3n) is 5.11. The number of hydrogen-bond acceptors (Lipinski definition) is 2. The Hall–Kier alpha value is -3.24. The number of carbonyl (C=O) groups is 1. The van der Waals surface area contributed by atoms with Crippen LogP contribution in [0.15, 0.2) is 60.7 Å². The molecule has 0 bridgehead atoms. The monoisotopic (exact) mass is 418 g/mol. The summed E-state index contributed by atoms with van der Waals surface area (Å²) in [4.78, 5) is 18.2. The fourth-order valence-corrected chi connectivity index (χ4v) is 3.85. The maximum absolute atomic E-state index is 13.3. The van der Waals surface area contributed by atoms with Crippen molar-refractivity contribution in [1.29, 1.82) is 0 Å². The van der Waals surface area contributed by atoms with Crippen molar-refractivity contribution in [1.82, 2.24) is 4.98 Å². The number of carbonyl (C=O) groups excluding carboxylic acids is 1. The van der Waals surface area contributed by atoms with Crippen molar-refractivity contribution < 1.29 is 9.18 Å². The van der Waals surface area contributed by atoms with Gasteiger partial charge >= 0.3 is 0 Å². The van der Waals surface area contributed by atoms with E-state index in [0.29, 0.717) is 16.3 Å². The SMILES string of the molecule is Cc1cc(C)c2nc(-c3ccc(Cl)cc3)c(C)c(C(=O)Nc3ccc(F)cc3)c2c1. The lowest BCUT2D eigenvalue weighted by molar-refractivity contribution is 0.102. The van der Waals surface area contributed by atoms with Gasteiger partial charge in [0.2, 0.25) is 0 Å². The zero-order chi connectivity index (χ0) is 21.4. The third-order valence-corrected chi connectivity index (χ3v) is 5.37. The maximum Gasteiger partial charge on any atom is 0.256 e. The van der Waals surface area contributed by atoms with Crippen LogP contribution in [0.4, 0.5) is 10.1 Å². The van der Waals surface area contributed by atoms with Crippen molar-refractivity contribution in [2.75, 3.05) is 5.32 Å². The molecule has 1 aromatic heterocycles. The Bertz CT molecular complexity index is 1270. The second kappa shape index (κ2) is 7.88. The van der Waals surface area contributed by atoms with Gasteiger partial charge in [-0.2, -0.15) is 0 Å². The van der Waals surface area contributed by atoms with E-state index < -0.39 is 0 Å². The van der Waals surface area contributed by atoms with Crippen LogP contribution in [0.2, 0.25) is 5.02 Å². The zero-order valence-corrected chi connectivity index (χ0v) is 17.6. The van der Waals surface area contributed by atoms with Gasteiger partial charge in [0.05, 0.1) is 16.8 Å². The number of aromatic nitrogens is 1. The molecular weight excluding hydrogens is 399 g/mol. The number of aryl methyl sites for hydroxylation is 2. The Morgan fingerprint density at radius 3 is 2.30 bits per heavy atom. The molecule has 3 aromatic carbocycles. The summed E-state index contributed by atoms with van der Waals surface area (Å²) in [5.74, 6) is -0.610. The van der Waals surface area contributed by atoms with E-state index in [-0.39, 0.29) is 11.7 Å². The predicted octanol–water partition coefficient (Wildman–Crippen LogP) is 6.87. The minimum absolute atomic E-state index is 0.258. The van der Waals surface area contributed by atoms with Crippen LogP contribution in [0, 0.1) is 26.6 Å². The Labute approximate surface area is 179 Å². The summed E-state index contributed by atoms with van der Waals surface area (Å²) in [6, 6.07) is 17.2. The summed E-state index contributed by atoms with van der Waals surface area (Å²) in [5, 5.41) is 4.32. The van der Waals surface area contributed by atoms with Crippen molar-refractivity contribution in [3.63, 3.8) is 0 Å². The number of halogens is 2. The molecule has 0 aliphatic heterocycles. The summed E-state index contributed by atoms with van der Waals surface area (Å²) in [5.41, 5.74) is 6.30. The van der Waals surface area contributed by atoms with Crippen LogP contribution >= 0.6 is 11.6 Å². The number of pyridine rings is 1. The Kier molecular flexibility index (Phi) is 5.27. The van der Waals surface area contributed by atoms with Gasteiger partial charge in [0.15, 0.2) is 0 Å². The van der Waals surface area contributed by atoms with Crippen molar-refractivity contribution in [3.05, 3.63) is 93.8 Å². The molecule has 1 heterocycles. The molecule has 0 aliphatic rings. The number of hydrogen-bond donors (Lipinski definition) is 1. The molecule has 30 heavy (non-hydrogen) atoms. The van der Waals surface area contributed by atoms with E-state index in [4.69, 9.17) is 16.6 Å². The second-order valence-electron chi connectivity index (χ2n) is 7.41. The van der Waals surface area contributed by atoms with E-state index in [1.807, 2.05) is 51.1 Å². The van der Waals surface area contributed by atoms with E-state index in [9.17, 15) is 9.18 Å². The average Bonchev–Trinajstić information content (AvgIpc) is 2.70. The summed E-state index contributed by atoms with van der Waals surface area (Å²) in [6.07, 6.45) is 0. The molecule has 0 fully saturated rings. The van der Waals surface area contributed by atoms with E-state index in [2.05, 4.69) is 11.4 Å². The molecule has 4 aromatic rings. The second-order valence-corrected chi connectivity index (χ2v) is 7.84. The van der Waals surface area contributed by atoms with E-state index in [1.165, 1.54) is 12.1 Å². The summed E-state index contributed by atoms with van der Waals surface area (Å²) in [6.45, 7) is 5.88. The van der Waals surface area contributed by atoms with E-state index in [1.54, 1.807) is 12.1 Å². The Balaban J connectivity index is 1.93. The van der Waals surface area contributed by atoms with Gasteiger partial charge in [-0.15, -0.1) is 0 Å². The molecule has 0 radical (unpaired) electrons. The highest BCUT2D eigenvalue weighted by atomic mass is 35.5. The normalized spacial score (nSPS) is 11.0. The first-order chi connectivity index (χ1) is 14.3. The molecule has 0 spiro atoms. The number of fused-ring (bicyclic) bond motifs is 1. The van der Waals surface area contributed by atoms with Crippen LogP contribution in [-0.2, 0) is 0 Å². The van der Waals surface area contributed by atoms with Gasteiger partial charge in [-0.05, 0) is 74.4 Å². The van der Waals surface area contributed by atoms with Crippen molar-refractivity contribution in [2.45, 2.75) is 20.8 Å². The Morgan fingerprint density at radius 2 is 1.63 bits per heavy atom. The third kappa shape index (κ3) is 3.79. The van der Waals surface area contributed by atoms with E-state index in [0.717, 1.165) is 38.9 Å². The first kappa shape index (κ1) is 20.0. The predicted molar refractivity (Wildman–Crippen MR) is 121 cm³/mol. The molecule has 0 unspecified atom stereocenters. The lowest BCUT2D eigenvalue weighted by Crippen LogP contribution is -2.15. The average molecular weight is 419 g/mol. The number of anilines is 1. The summed E-state index contributed by atoms with van der Waals surface area (Å²) < 4.78 is 13.2. The van der Waals surface area contributed by atoms with E-state index >= 15 is 0 Å². The van der Waals surface area contributed by atoms with Crippen LogP contribution in [0.25, 0.3) is 22.2 Å². The molecule has 1 N–H and O–H groups in total. The Morgan fingerprint density at radius 1 is 0.967 bits per heavy atom. The van der Waals surface area contributed by atoms with Gasteiger partial charge in [0, 0.05) is 21.7 Å². The van der Waals surface area contributed by atoms with Crippen LogP contribution in [0.5, 0.6) is 0 Å². The minimum Gasteiger partial charge on any atom is -0.322 e. The van der Waals surface area contributed by atoms with Gasteiger partial charge < -0.3 is 5.32 Å². The maximum atomic E-state index is 13.3. The first-order valence-corrected chi connectivity index (χ1v) is 9.95. The quantitative estimate of drug-likeness (QED) is 0.394. The summed E-state index contributed by atoms with van der Waals surface area (Å²) >= 11 is 6.05. The van der Waals surface area contributed by atoms with Crippen LogP contribution < -0.4 is 5.32 Å². The molecule has 5 heteroatoms. The van der Waals surface area contributed by atoms with Crippen LogP contribution in [0.3, 0.4) is 0 Å². The van der Waals surface area contributed by atoms with Gasteiger partial charge in [-0.3, -0.25) is 4.79 Å². The lowest BCUT2D eigenvalue weighted by atomic mass is 9.94. The topological polar surface area (TPSA) is 42.0 Å². The van der Waals surface area contributed by atoms with Crippen LogP contribution in [-0.4, -0.2) is 10.9 Å². The lowest BCUT2D eigenvalue weighted by Gasteiger charge is -2.17. The van der Waals surface area contributed by atoms with Gasteiger partial charge in [-0.25, -0.2) is 9.37 Å². The fraction of sp³-hybridized carbons (Fsp3) is 0.120. The standard InChI is InChI=1S/C25H20ClFN2O/c1-14-12-15(2)23-21(13-14)22(25(30)28-20-10-8-19(27)9-11-20)16(3)24(29-23)17-4-6-18(26)7-5-17/h4-13H,1-3H3,(H,28,30). The molecule has 0 atom stereocenters. The first-order valence-electron chi connectivity index (χ1n) is 9.58. The highest BCUT2D eigenvalue weighted by Crippen LogP contribution is 2.33. The van der Waals surface area contributed by atoms with Crippen molar-refractivity contribution in [2.24, 2.45) is 0 Å². The molecule has 1 amide bonds. The number of benzene rings is 3. The number of nitrogens with zero attached hydrogens (tertiary/aromatic N) is 1. The highest BCUT2D eigenvalue weighted by molar-refractivity contribution is 6.30. The zero-order valence-electron chi connectivity index (χ0n) is 16.9. The molecule has 0 aliphatic carbocycles. The number of amides is 1. The van der Waals surface area contributed by atoms with Gasteiger partial charge in [0.1, 0.15) is 5.82 Å². The highest BCUT2D eigenvalue weighted by Gasteiger charge is 2.20. The smallest absolute Gasteiger partial charge is 0.256 e. The van der Waals surface area contributed by atoms with Crippen molar-refractivity contribution in [3.8, 4) is 11.3 Å². The van der Waals surface area contributed by atoms with Gasteiger partial charge in [0.25, 0.3) is 5.91 Å². The molecular formula is C25H20ClFN2O. The summed E-state index contributed by atoms with van der Waals surface area (Å²) in [7, 11) is 0. The largest absolute Gasteiger partial charge is 0.322 e. The number of rotatable bonds is 3. The molecule has 4 rings (SSSR count). The molecule has 150 valence electrons. The molecule has 3 nitrogen and oxygen atoms in total. The fourth-order valence-electron chi connectivity index (χ4n) is 3.72. The van der Waals surface area contributed by atoms with Crippen LogP contribution in [0.1, 0.15) is 27.0 Å². The van der Waals surface area contributed by atoms with Crippen molar-refractivity contribution >= 4 is 34.1 Å². The number of nitrogens with one attached hydrogen (secondary N) is 1. The molecule has 0 saturated carbocycles. The van der Waals surface area contributed by atoms with Gasteiger partial charge in [-0.1, -0.05) is 35.4 Å². The molecule has 0 saturated heterocycles. The minimum atomic E-state index is -0.352.